The Morgan fingerprint density at radius 2 is 2.28 bits per heavy atom. The molecule has 1 amide bonds. The van der Waals surface area contributed by atoms with Gasteiger partial charge in [-0.05, 0) is 31.3 Å². The van der Waals surface area contributed by atoms with Crippen molar-refractivity contribution in [1.82, 2.24) is 25.4 Å². The van der Waals surface area contributed by atoms with Crippen molar-refractivity contribution in [1.29, 1.82) is 0 Å². The van der Waals surface area contributed by atoms with E-state index in [4.69, 9.17) is 0 Å². The van der Waals surface area contributed by atoms with Crippen molar-refractivity contribution < 1.29 is 4.79 Å². The lowest BCUT2D eigenvalue weighted by Crippen LogP contribution is -2.43. The van der Waals surface area contributed by atoms with Crippen LogP contribution in [0.4, 0.5) is 0 Å². The first-order valence-corrected chi connectivity index (χ1v) is 6.48. The molecular formula is C12H21N5O. The van der Waals surface area contributed by atoms with Crippen molar-refractivity contribution in [3.05, 3.63) is 12.7 Å². The van der Waals surface area contributed by atoms with Gasteiger partial charge in [-0.25, -0.2) is 4.98 Å². The molecule has 1 aliphatic heterocycles. The van der Waals surface area contributed by atoms with Gasteiger partial charge in [-0.3, -0.25) is 9.48 Å². The maximum Gasteiger partial charge on any atom is 0.221 e. The average molecular weight is 251 g/mol. The number of carbonyl (C=O) groups is 1. The van der Waals surface area contributed by atoms with Crippen molar-refractivity contribution in [3.63, 3.8) is 0 Å². The monoisotopic (exact) mass is 251 g/mol. The number of nitrogens with zero attached hydrogens (tertiary/aromatic N) is 3. The molecule has 18 heavy (non-hydrogen) atoms. The van der Waals surface area contributed by atoms with Gasteiger partial charge in [-0.1, -0.05) is 6.92 Å². The van der Waals surface area contributed by atoms with Crippen molar-refractivity contribution in [2.45, 2.75) is 32.7 Å². The van der Waals surface area contributed by atoms with Crippen molar-refractivity contribution in [2.24, 2.45) is 5.41 Å². The second-order valence-corrected chi connectivity index (χ2v) is 5.25. The van der Waals surface area contributed by atoms with Crippen molar-refractivity contribution >= 4 is 5.91 Å². The van der Waals surface area contributed by atoms with Crippen LogP contribution in [0.1, 0.15) is 26.2 Å². The van der Waals surface area contributed by atoms with Gasteiger partial charge >= 0.3 is 0 Å². The summed E-state index contributed by atoms with van der Waals surface area (Å²) in [5.74, 6) is 0.0882. The topological polar surface area (TPSA) is 71.8 Å². The highest BCUT2D eigenvalue weighted by Crippen LogP contribution is 2.26. The minimum absolute atomic E-state index is 0.0882. The summed E-state index contributed by atoms with van der Waals surface area (Å²) >= 11 is 0. The Kier molecular flexibility index (Phi) is 4.30. The van der Waals surface area contributed by atoms with Crippen LogP contribution in [0.2, 0.25) is 0 Å². The van der Waals surface area contributed by atoms with E-state index >= 15 is 0 Å². The second-order valence-electron chi connectivity index (χ2n) is 5.25. The summed E-state index contributed by atoms with van der Waals surface area (Å²) in [6.45, 7) is 5.69. The van der Waals surface area contributed by atoms with Crippen LogP contribution in [0.3, 0.4) is 0 Å². The number of aryl methyl sites for hydroxylation is 1. The maximum atomic E-state index is 11.7. The van der Waals surface area contributed by atoms with Gasteiger partial charge in [-0.15, -0.1) is 0 Å². The average Bonchev–Trinajstić information content (AvgIpc) is 2.88. The lowest BCUT2D eigenvalue weighted by atomic mass is 9.81. The molecule has 2 N–H and O–H groups in total. The highest BCUT2D eigenvalue weighted by atomic mass is 16.1. The van der Waals surface area contributed by atoms with E-state index in [1.807, 2.05) is 0 Å². The number of amides is 1. The first-order valence-electron chi connectivity index (χ1n) is 6.48. The fourth-order valence-electron chi connectivity index (χ4n) is 2.17. The second kappa shape index (κ2) is 5.95. The summed E-state index contributed by atoms with van der Waals surface area (Å²) in [5, 5.41) is 10.3. The molecule has 1 fully saturated rings. The number of hydrogen-bond acceptors (Lipinski definition) is 4. The molecule has 0 aromatic carbocycles. The van der Waals surface area contributed by atoms with Crippen molar-refractivity contribution in [3.8, 4) is 0 Å². The molecule has 0 spiro atoms. The van der Waals surface area contributed by atoms with Crippen LogP contribution in [0.5, 0.6) is 0 Å². The van der Waals surface area contributed by atoms with E-state index in [0.29, 0.717) is 13.0 Å². The molecule has 2 heterocycles. The van der Waals surface area contributed by atoms with Gasteiger partial charge in [0.05, 0.1) is 6.54 Å². The molecule has 1 aromatic heterocycles. The predicted octanol–water partition coefficient (Wildman–Crippen LogP) is 0.174. The summed E-state index contributed by atoms with van der Waals surface area (Å²) in [4.78, 5) is 15.6. The third-order valence-electron chi connectivity index (χ3n) is 3.56. The van der Waals surface area contributed by atoms with Crippen molar-refractivity contribution in [2.75, 3.05) is 19.6 Å². The number of carbonyl (C=O) groups excluding carboxylic acids is 1. The fraction of sp³-hybridized carbons (Fsp3) is 0.750. The third-order valence-corrected chi connectivity index (χ3v) is 3.56. The molecule has 1 saturated heterocycles. The number of rotatable bonds is 5. The number of piperidine rings is 1. The molecule has 0 aliphatic carbocycles. The summed E-state index contributed by atoms with van der Waals surface area (Å²) in [6.07, 6.45) is 5.81. The molecule has 100 valence electrons. The largest absolute Gasteiger partial charge is 0.355 e. The molecule has 1 aliphatic rings. The lowest BCUT2D eigenvalue weighted by Gasteiger charge is -2.34. The Bertz CT molecular complexity index is 370. The molecule has 0 atom stereocenters. The number of aromatic nitrogens is 3. The molecule has 6 nitrogen and oxygen atoms in total. The highest BCUT2D eigenvalue weighted by molar-refractivity contribution is 5.75. The standard InChI is InChI=1S/C12H21N5O/c1-12(3-5-13-6-4-12)8-15-11(18)2-7-17-10-14-9-16-17/h9-10,13H,2-8H2,1H3,(H,15,18). The smallest absolute Gasteiger partial charge is 0.221 e. The first-order chi connectivity index (χ1) is 8.68. The van der Waals surface area contributed by atoms with Gasteiger partial charge in [0.1, 0.15) is 12.7 Å². The molecular weight excluding hydrogens is 230 g/mol. The highest BCUT2D eigenvalue weighted by Gasteiger charge is 2.26. The van der Waals surface area contributed by atoms with Crippen LogP contribution in [-0.4, -0.2) is 40.3 Å². The predicted molar refractivity (Wildman–Crippen MR) is 67.9 cm³/mol. The lowest BCUT2D eigenvalue weighted by molar-refractivity contribution is -0.121. The Hall–Kier alpha value is -1.43. The molecule has 0 saturated carbocycles. The van der Waals surface area contributed by atoms with Gasteiger partial charge in [0.2, 0.25) is 5.91 Å². The minimum atomic E-state index is 0.0882. The molecule has 0 unspecified atom stereocenters. The maximum absolute atomic E-state index is 11.7. The van der Waals surface area contributed by atoms with Crippen LogP contribution < -0.4 is 10.6 Å². The zero-order valence-electron chi connectivity index (χ0n) is 10.9. The Balaban J connectivity index is 1.68. The van der Waals surface area contributed by atoms with E-state index < -0.39 is 0 Å². The van der Waals surface area contributed by atoms with Gasteiger partial charge in [0.15, 0.2) is 0 Å². The van der Waals surface area contributed by atoms with Crippen LogP contribution >= 0.6 is 0 Å². The van der Waals surface area contributed by atoms with Gasteiger partial charge in [-0.2, -0.15) is 5.10 Å². The minimum Gasteiger partial charge on any atom is -0.355 e. The summed E-state index contributed by atoms with van der Waals surface area (Å²) in [6, 6.07) is 0. The Morgan fingerprint density at radius 3 is 2.94 bits per heavy atom. The zero-order chi connectivity index (χ0) is 12.8. The quantitative estimate of drug-likeness (QED) is 0.783. The van der Waals surface area contributed by atoms with Crippen LogP contribution in [0.25, 0.3) is 0 Å². The summed E-state index contributed by atoms with van der Waals surface area (Å²) in [5.41, 5.74) is 0.244. The first kappa shape index (κ1) is 13.0. The van der Waals surface area contributed by atoms with E-state index in [1.54, 1.807) is 11.0 Å². The molecule has 2 rings (SSSR count). The van der Waals surface area contributed by atoms with E-state index in [1.165, 1.54) is 6.33 Å². The third kappa shape index (κ3) is 3.80. The van der Waals surface area contributed by atoms with E-state index in [9.17, 15) is 4.79 Å². The normalized spacial score (nSPS) is 18.5. The Morgan fingerprint density at radius 1 is 1.50 bits per heavy atom. The molecule has 0 radical (unpaired) electrons. The number of hydrogen-bond donors (Lipinski definition) is 2. The Labute approximate surface area is 107 Å². The van der Waals surface area contributed by atoms with Gasteiger partial charge in [0, 0.05) is 13.0 Å². The van der Waals surface area contributed by atoms with Crippen LogP contribution in [0.15, 0.2) is 12.7 Å². The number of nitrogens with one attached hydrogen (secondary N) is 2. The molecule has 1 aromatic rings. The van der Waals surface area contributed by atoms with Crippen LogP contribution in [-0.2, 0) is 11.3 Å². The van der Waals surface area contributed by atoms with Gasteiger partial charge in [0.25, 0.3) is 0 Å². The SMILES string of the molecule is CC1(CNC(=O)CCn2cncn2)CCNCC1. The summed E-state index contributed by atoms with van der Waals surface area (Å²) < 4.78 is 1.67. The zero-order valence-corrected chi connectivity index (χ0v) is 10.9. The van der Waals surface area contributed by atoms with E-state index in [-0.39, 0.29) is 11.3 Å². The fourth-order valence-corrected chi connectivity index (χ4v) is 2.17. The van der Waals surface area contributed by atoms with E-state index in [0.717, 1.165) is 32.5 Å². The molecule has 6 heteroatoms. The summed E-state index contributed by atoms with van der Waals surface area (Å²) in [7, 11) is 0. The van der Waals surface area contributed by atoms with E-state index in [2.05, 4.69) is 27.6 Å². The van der Waals surface area contributed by atoms with Gasteiger partial charge < -0.3 is 10.6 Å². The molecule has 0 bridgehead atoms. The van der Waals surface area contributed by atoms with Crippen LogP contribution in [0, 0.1) is 5.41 Å².